The van der Waals surface area contributed by atoms with Crippen LogP contribution in [0, 0.1) is 11.3 Å². The average molecular weight is 296 g/mol. The Labute approximate surface area is 110 Å². The van der Waals surface area contributed by atoms with Crippen LogP contribution in [-0.2, 0) is 16.5 Å². The number of benzene rings is 1. The Kier molecular flexibility index (Phi) is 5.17. The maximum Gasteiger partial charge on any atom is 0.338 e. The number of hydrogen-bond acceptors (Lipinski definition) is 3. The summed E-state index contributed by atoms with van der Waals surface area (Å²) in [5.74, 6) is -0.358. The predicted octanol–water partition coefficient (Wildman–Crippen LogP) is 3.19. The van der Waals surface area contributed by atoms with Crippen LogP contribution < -0.4 is 0 Å². The zero-order valence-electron chi connectivity index (χ0n) is 9.92. The summed E-state index contributed by atoms with van der Waals surface area (Å²) in [6.07, 6.45) is 0.638. The van der Waals surface area contributed by atoms with Gasteiger partial charge in [-0.05, 0) is 36.6 Å². The highest BCUT2D eigenvalue weighted by molar-refractivity contribution is 9.08. The van der Waals surface area contributed by atoms with Crippen LogP contribution in [0.3, 0.4) is 0 Å². The van der Waals surface area contributed by atoms with E-state index in [-0.39, 0.29) is 5.97 Å². The molecule has 0 N–H and O–H groups in total. The minimum Gasteiger partial charge on any atom is -0.462 e. The van der Waals surface area contributed by atoms with Crippen molar-refractivity contribution in [2.45, 2.75) is 25.6 Å². The number of halogens is 1. The molecule has 0 saturated heterocycles. The molecular formula is C13H14BrNO2. The number of carbonyl (C=O) groups excluding carboxylic acids is 1. The zero-order valence-corrected chi connectivity index (χ0v) is 11.5. The molecule has 0 bridgehead atoms. The van der Waals surface area contributed by atoms with E-state index in [1.807, 2.05) is 6.92 Å². The van der Waals surface area contributed by atoms with Crippen LogP contribution in [0.25, 0.3) is 0 Å². The quantitative estimate of drug-likeness (QED) is 0.633. The maximum atomic E-state index is 11.8. The van der Waals surface area contributed by atoms with Crippen LogP contribution in [0.1, 0.15) is 40.9 Å². The van der Waals surface area contributed by atoms with E-state index in [4.69, 9.17) is 10.00 Å². The van der Waals surface area contributed by atoms with Gasteiger partial charge >= 0.3 is 5.97 Å². The van der Waals surface area contributed by atoms with Gasteiger partial charge in [-0.25, -0.2) is 4.79 Å². The fourth-order valence-corrected chi connectivity index (χ4v) is 2.00. The summed E-state index contributed by atoms with van der Waals surface area (Å²) in [5.41, 5.74) is 2.72. The van der Waals surface area contributed by atoms with Crippen LogP contribution in [0.2, 0.25) is 0 Å². The second-order valence-corrected chi connectivity index (χ2v) is 4.05. The highest BCUT2D eigenvalue weighted by Crippen LogP contribution is 2.21. The Morgan fingerprint density at radius 2 is 2.18 bits per heavy atom. The van der Waals surface area contributed by atoms with Gasteiger partial charge in [-0.3, -0.25) is 0 Å². The van der Waals surface area contributed by atoms with Crippen LogP contribution in [0.4, 0.5) is 0 Å². The largest absolute Gasteiger partial charge is 0.462 e. The molecule has 1 rings (SSSR count). The smallest absolute Gasteiger partial charge is 0.338 e. The highest BCUT2D eigenvalue weighted by Gasteiger charge is 2.16. The minimum absolute atomic E-state index is 0.336. The maximum absolute atomic E-state index is 11.8. The second-order valence-electron chi connectivity index (χ2n) is 3.49. The van der Waals surface area contributed by atoms with Crippen molar-refractivity contribution in [3.8, 4) is 6.07 Å². The van der Waals surface area contributed by atoms with Crippen LogP contribution in [0.5, 0.6) is 0 Å². The molecule has 4 heteroatoms. The van der Waals surface area contributed by atoms with Gasteiger partial charge in [-0.15, -0.1) is 0 Å². The molecule has 0 radical (unpaired) electrons. The van der Waals surface area contributed by atoms with Gasteiger partial charge in [0.05, 0.1) is 23.8 Å². The summed E-state index contributed by atoms with van der Waals surface area (Å²) in [6, 6.07) is 5.72. The number of nitriles is 1. The minimum atomic E-state index is -0.358. The van der Waals surface area contributed by atoms with E-state index >= 15 is 0 Å². The first kappa shape index (κ1) is 13.7. The molecule has 0 amide bonds. The molecule has 0 aliphatic carbocycles. The third-order valence-electron chi connectivity index (χ3n) is 2.43. The molecule has 3 nitrogen and oxygen atoms in total. The number of ether oxygens (including phenoxy) is 1. The van der Waals surface area contributed by atoms with Crippen molar-refractivity contribution in [1.82, 2.24) is 0 Å². The molecule has 0 spiro atoms. The van der Waals surface area contributed by atoms with Gasteiger partial charge in [0.25, 0.3) is 0 Å². The standard InChI is InChI=1S/C13H14BrNO2/c1-3-11-10(8-15)5-9(7-14)6-12(11)13(16)17-4-2/h5-6H,3-4,7H2,1-2H3. The first-order chi connectivity index (χ1) is 8.17. The molecule has 17 heavy (non-hydrogen) atoms. The lowest BCUT2D eigenvalue weighted by molar-refractivity contribution is 0.0525. The summed E-state index contributed by atoms with van der Waals surface area (Å²) >= 11 is 3.33. The molecule has 90 valence electrons. The molecule has 0 aliphatic rings. The fourth-order valence-electron chi connectivity index (χ4n) is 1.68. The fraction of sp³-hybridized carbons (Fsp3) is 0.385. The normalized spacial score (nSPS) is 9.76. The Bertz CT molecular complexity index is 463. The molecule has 1 aromatic carbocycles. The van der Waals surface area contributed by atoms with Gasteiger partial charge in [0.1, 0.15) is 0 Å². The summed E-state index contributed by atoms with van der Waals surface area (Å²) in [4.78, 5) is 11.8. The number of hydrogen-bond donors (Lipinski definition) is 0. The molecule has 0 fully saturated rings. The number of nitrogens with zero attached hydrogens (tertiary/aromatic N) is 1. The third kappa shape index (κ3) is 3.07. The Morgan fingerprint density at radius 1 is 1.47 bits per heavy atom. The molecule has 0 aromatic heterocycles. The molecular weight excluding hydrogens is 282 g/mol. The van der Waals surface area contributed by atoms with Crippen LogP contribution in [0.15, 0.2) is 12.1 Å². The first-order valence-electron chi connectivity index (χ1n) is 5.46. The Balaban J connectivity index is 3.35. The van der Waals surface area contributed by atoms with Gasteiger partial charge < -0.3 is 4.74 Å². The Morgan fingerprint density at radius 3 is 2.65 bits per heavy atom. The molecule has 1 aromatic rings. The number of esters is 1. The van der Waals surface area contributed by atoms with Crippen molar-refractivity contribution >= 4 is 21.9 Å². The molecule has 0 saturated carbocycles. The van der Waals surface area contributed by atoms with Crippen molar-refractivity contribution in [2.24, 2.45) is 0 Å². The predicted molar refractivity (Wildman–Crippen MR) is 69.1 cm³/mol. The van der Waals surface area contributed by atoms with Gasteiger partial charge in [-0.2, -0.15) is 5.26 Å². The molecule has 0 aliphatic heterocycles. The lowest BCUT2D eigenvalue weighted by Gasteiger charge is -2.10. The van der Waals surface area contributed by atoms with Gasteiger partial charge in [0.15, 0.2) is 0 Å². The monoisotopic (exact) mass is 295 g/mol. The van der Waals surface area contributed by atoms with Crippen LogP contribution >= 0.6 is 15.9 Å². The van der Waals surface area contributed by atoms with E-state index in [0.29, 0.717) is 29.5 Å². The number of alkyl halides is 1. The van der Waals surface area contributed by atoms with Crippen molar-refractivity contribution in [3.05, 3.63) is 34.4 Å². The number of carbonyl (C=O) groups is 1. The van der Waals surface area contributed by atoms with Crippen molar-refractivity contribution in [2.75, 3.05) is 6.61 Å². The van der Waals surface area contributed by atoms with Crippen molar-refractivity contribution in [1.29, 1.82) is 5.26 Å². The summed E-state index contributed by atoms with van der Waals surface area (Å²) < 4.78 is 5.01. The van der Waals surface area contributed by atoms with E-state index in [1.165, 1.54) is 0 Å². The summed E-state index contributed by atoms with van der Waals surface area (Å²) in [5, 5.41) is 9.70. The molecule has 0 unspecified atom stereocenters. The first-order valence-corrected chi connectivity index (χ1v) is 6.59. The third-order valence-corrected chi connectivity index (χ3v) is 3.08. The summed E-state index contributed by atoms with van der Waals surface area (Å²) in [6.45, 7) is 4.03. The zero-order chi connectivity index (χ0) is 12.8. The SMILES string of the molecule is CCOC(=O)c1cc(CBr)cc(C#N)c1CC. The van der Waals surface area contributed by atoms with Gasteiger partial charge in [-0.1, -0.05) is 22.9 Å². The van der Waals surface area contributed by atoms with Gasteiger partial charge in [0.2, 0.25) is 0 Å². The average Bonchev–Trinajstić information content (AvgIpc) is 2.37. The lowest BCUT2D eigenvalue weighted by atomic mass is 9.97. The summed E-state index contributed by atoms with van der Waals surface area (Å²) in [7, 11) is 0. The van der Waals surface area contributed by atoms with E-state index in [9.17, 15) is 4.79 Å². The molecule has 0 heterocycles. The Hall–Kier alpha value is -1.34. The number of rotatable bonds is 4. The molecule has 0 atom stereocenters. The van der Waals surface area contributed by atoms with E-state index in [0.717, 1.165) is 11.1 Å². The van der Waals surface area contributed by atoms with E-state index in [1.54, 1.807) is 19.1 Å². The van der Waals surface area contributed by atoms with Crippen molar-refractivity contribution in [3.63, 3.8) is 0 Å². The lowest BCUT2D eigenvalue weighted by Crippen LogP contribution is -2.10. The van der Waals surface area contributed by atoms with E-state index < -0.39 is 0 Å². The second kappa shape index (κ2) is 6.41. The van der Waals surface area contributed by atoms with Crippen molar-refractivity contribution < 1.29 is 9.53 Å². The van der Waals surface area contributed by atoms with Crippen LogP contribution in [-0.4, -0.2) is 12.6 Å². The van der Waals surface area contributed by atoms with E-state index in [2.05, 4.69) is 22.0 Å². The highest BCUT2D eigenvalue weighted by atomic mass is 79.9. The van der Waals surface area contributed by atoms with Gasteiger partial charge in [0, 0.05) is 5.33 Å². The topological polar surface area (TPSA) is 50.1 Å².